The first kappa shape index (κ1) is 29.6. The van der Waals surface area contributed by atoms with E-state index < -0.39 is 41.7 Å². The summed E-state index contributed by atoms with van der Waals surface area (Å²) in [7, 11) is 0. The van der Waals surface area contributed by atoms with Crippen LogP contribution in [0.25, 0.3) is 0 Å². The molecule has 0 aliphatic carbocycles. The first-order chi connectivity index (χ1) is 18.9. The van der Waals surface area contributed by atoms with E-state index in [1.807, 2.05) is 0 Å². The number of carboxylic acids is 2. The molecule has 208 valence electrons. The van der Waals surface area contributed by atoms with E-state index in [1.54, 1.807) is 6.07 Å². The highest BCUT2D eigenvalue weighted by molar-refractivity contribution is 6.31. The van der Waals surface area contributed by atoms with Gasteiger partial charge in [-0.05, 0) is 66.1 Å². The summed E-state index contributed by atoms with van der Waals surface area (Å²) in [6.45, 7) is -0.880. The van der Waals surface area contributed by atoms with Gasteiger partial charge in [-0.25, -0.2) is 19.0 Å². The summed E-state index contributed by atoms with van der Waals surface area (Å²) >= 11 is 6.33. The summed E-state index contributed by atoms with van der Waals surface area (Å²) in [5, 5.41) is 18.6. The maximum Gasteiger partial charge on any atom is 0.343 e. The molecule has 0 heterocycles. The van der Waals surface area contributed by atoms with Crippen LogP contribution in [-0.2, 0) is 22.6 Å². The lowest BCUT2D eigenvalue weighted by Crippen LogP contribution is -2.35. The van der Waals surface area contributed by atoms with Gasteiger partial charge in [0.1, 0.15) is 18.1 Å². The number of aliphatic imine (C=N–C) groups is 1. The van der Waals surface area contributed by atoms with Gasteiger partial charge in [-0.15, -0.1) is 0 Å². The molecular weight excluding hydrogens is 547 g/mol. The molecule has 0 fully saturated rings. The van der Waals surface area contributed by atoms with Gasteiger partial charge in [-0.2, -0.15) is 0 Å². The average Bonchev–Trinajstić information content (AvgIpc) is 2.88. The molecule has 3 aromatic carbocycles. The van der Waals surface area contributed by atoms with Crippen LogP contribution in [0, 0.1) is 5.82 Å². The van der Waals surface area contributed by atoms with Crippen molar-refractivity contribution in [2.45, 2.75) is 19.4 Å². The largest absolute Gasteiger partial charge is 0.480 e. The smallest absolute Gasteiger partial charge is 0.343 e. The highest BCUT2D eigenvalue weighted by Gasteiger charge is 2.20. The SMILES string of the molecule is NC(N)=Nc1ccc(C(=O)Oc2ccc(CCC(=O)N(CC(=O)O)Cc3ccc(F)c(C(=O)O)c3)c(Cl)c2)cc1. The first-order valence-corrected chi connectivity index (χ1v) is 12.0. The van der Waals surface area contributed by atoms with Crippen molar-refractivity contribution in [1.82, 2.24) is 4.90 Å². The fraction of sp³-hybridized carbons (Fsp3) is 0.148. The molecule has 0 unspecified atom stereocenters. The van der Waals surface area contributed by atoms with E-state index in [2.05, 4.69) is 4.99 Å². The minimum Gasteiger partial charge on any atom is -0.480 e. The number of carbonyl (C=O) groups excluding carboxylic acids is 2. The Balaban J connectivity index is 1.64. The van der Waals surface area contributed by atoms with Gasteiger partial charge < -0.3 is 31.3 Å². The normalized spacial score (nSPS) is 10.4. The molecule has 11 nitrogen and oxygen atoms in total. The van der Waals surface area contributed by atoms with Crippen molar-refractivity contribution in [2.24, 2.45) is 16.5 Å². The van der Waals surface area contributed by atoms with Crippen LogP contribution < -0.4 is 16.2 Å². The third-order valence-corrected chi connectivity index (χ3v) is 5.87. The molecule has 0 saturated heterocycles. The van der Waals surface area contributed by atoms with Gasteiger partial charge in [0, 0.05) is 18.0 Å². The number of nitrogens with zero attached hydrogens (tertiary/aromatic N) is 2. The maximum absolute atomic E-state index is 13.7. The number of benzene rings is 3. The third-order valence-electron chi connectivity index (χ3n) is 5.52. The van der Waals surface area contributed by atoms with Gasteiger partial charge in [0.25, 0.3) is 0 Å². The monoisotopic (exact) mass is 570 g/mol. The van der Waals surface area contributed by atoms with E-state index in [-0.39, 0.29) is 47.2 Å². The molecule has 0 aliphatic heterocycles. The van der Waals surface area contributed by atoms with Crippen molar-refractivity contribution >= 4 is 47.1 Å². The molecule has 1 amide bonds. The number of carboxylic acid groups (broad SMARTS) is 2. The molecule has 0 aromatic heterocycles. The van der Waals surface area contributed by atoms with Crippen LogP contribution in [0.3, 0.4) is 0 Å². The van der Waals surface area contributed by atoms with E-state index in [9.17, 15) is 28.7 Å². The molecular formula is C27H24ClFN4O7. The number of aryl methyl sites for hydroxylation is 1. The van der Waals surface area contributed by atoms with Crippen LogP contribution in [-0.4, -0.2) is 51.4 Å². The summed E-state index contributed by atoms with van der Waals surface area (Å²) < 4.78 is 19.1. The number of rotatable bonds is 11. The van der Waals surface area contributed by atoms with E-state index in [4.69, 9.17) is 32.9 Å². The Hall–Kier alpha value is -4.97. The number of ether oxygens (including phenoxy) is 1. The number of amides is 1. The van der Waals surface area contributed by atoms with Gasteiger partial charge in [-0.3, -0.25) is 9.59 Å². The van der Waals surface area contributed by atoms with Gasteiger partial charge in [0.05, 0.1) is 16.8 Å². The average molecular weight is 571 g/mol. The zero-order valence-electron chi connectivity index (χ0n) is 20.8. The van der Waals surface area contributed by atoms with Crippen molar-refractivity contribution < 1.29 is 38.5 Å². The van der Waals surface area contributed by atoms with Crippen molar-refractivity contribution in [2.75, 3.05) is 6.54 Å². The van der Waals surface area contributed by atoms with Crippen molar-refractivity contribution in [3.8, 4) is 5.75 Å². The second kappa shape index (κ2) is 13.2. The Morgan fingerprint density at radius 1 is 0.975 bits per heavy atom. The Morgan fingerprint density at radius 3 is 2.27 bits per heavy atom. The van der Waals surface area contributed by atoms with E-state index in [0.717, 1.165) is 17.0 Å². The lowest BCUT2D eigenvalue weighted by Gasteiger charge is -2.21. The topological polar surface area (TPSA) is 186 Å². The second-order valence-electron chi connectivity index (χ2n) is 8.49. The maximum atomic E-state index is 13.7. The third kappa shape index (κ3) is 8.27. The lowest BCUT2D eigenvalue weighted by atomic mass is 10.1. The number of aliphatic carboxylic acids is 1. The molecule has 0 atom stereocenters. The number of hydrogen-bond acceptors (Lipinski definition) is 6. The van der Waals surface area contributed by atoms with Crippen LogP contribution in [0.5, 0.6) is 5.75 Å². The first-order valence-electron chi connectivity index (χ1n) is 11.6. The number of aromatic carboxylic acids is 1. The molecule has 0 aliphatic rings. The standard InChI is InChI=1S/C27H24ClFN4O7/c28-21-12-19(40-26(39)17-2-6-18(7-3-17)32-27(30)31)8-4-16(21)5-10-23(34)33(14-24(35)36)13-15-1-9-22(29)20(11-15)25(37)38/h1-4,6-9,11-12H,5,10,13-14H2,(H,35,36)(H,37,38)(H4,30,31,32). The fourth-order valence-electron chi connectivity index (χ4n) is 3.63. The van der Waals surface area contributed by atoms with Gasteiger partial charge in [0.15, 0.2) is 5.96 Å². The molecule has 0 radical (unpaired) electrons. The molecule has 0 saturated carbocycles. The van der Waals surface area contributed by atoms with Crippen molar-refractivity contribution in [3.63, 3.8) is 0 Å². The van der Waals surface area contributed by atoms with E-state index in [0.29, 0.717) is 11.3 Å². The number of nitrogens with two attached hydrogens (primary N) is 2. The number of carbonyl (C=O) groups is 4. The Bertz CT molecular complexity index is 1470. The van der Waals surface area contributed by atoms with Gasteiger partial charge in [0.2, 0.25) is 5.91 Å². The highest BCUT2D eigenvalue weighted by atomic mass is 35.5. The summed E-state index contributed by atoms with van der Waals surface area (Å²) in [6, 6.07) is 13.8. The fourth-order valence-corrected chi connectivity index (χ4v) is 3.90. The number of halogens is 2. The van der Waals surface area contributed by atoms with Crippen LogP contribution in [0.1, 0.15) is 38.3 Å². The molecule has 6 N–H and O–H groups in total. The molecule has 0 bridgehead atoms. The summed E-state index contributed by atoms with van der Waals surface area (Å²) in [4.78, 5) is 52.7. The second-order valence-corrected chi connectivity index (χ2v) is 8.90. The quantitative estimate of drug-likeness (QED) is 0.116. The summed E-state index contributed by atoms with van der Waals surface area (Å²) in [5.74, 6) is -4.86. The minimum atomic E-state index is -1.49. The highest BCUT2D eigenvalue weighted by Crippen LogP contribution is 2.25. The van der Waals surface area contributed by atoms with Crippen LogP contribution in [0.4, 0.5) is 10.1 Å². The molecule has 40 heavy (non-hydrogen) atoms. The predicted molar refractivity (Wildman–Crippen MR) is 143 cm³/mol. The van der Waals surface area contributed by atoms with Gasteiger partial charge in [-0.1, -0.05) is 23.7 Å². The molecule has 3 rings (SSSR count). The van der Waals surface area contributed by atoms with Gasteiger partial charge >= 0.3 is 17.9 Å². The summed E-state index contributed by atoms with van der Waals surface area (Å²) in [5.41, 5.74) is 11.6. The Morgan fingerprint density at radius 2 is 1.68 bits per heavy atom. The van der Waals surface area contributed by atoms with Crippen LogP contribution in [0.2, 0.25) is 5.02 Å². The lowest BCUT2D eigenvalue weighted by molar-refractivity contribution is -0.144. The van der Waals surface area contributed by atoms with E-state index in [1.165, 1.54) is 42.5 Å². The molecule has 0 spiro atoms. The Kier molecular flexibility index (Phi) is 9.76. The minimum absolute atomic E-state index is 0.122. The van der Waals surface area contributed by atoms with Crippen molar-refractivity contribution in [3.05, 3.63) is 93.8 Å². The number of hydrogen-bond donors (Lipinski definition) is 4. The van der Waals surface area contributed by atoms with Crippen molar-refractivity contribution in [1.29, 1.82) is 0 Å². The predicted octanol–water partition coefficient (Wildman–Crippen LogP) is 3.35. The van der Waals surface area contributed by atoms with Crippen LogP contribution in [0.15, 0.2) is 65.7 Å². The molecule has 13 heteroatoms. The zero-order valence-corrected chi connectivity index (χ0v) is 21.6. The summed E-state index contributed by atoms with van der Waals surface area (Å²) in [6.07, 6.45) is 0.0132. The molecule has 3 aromatic rings. The van der Waals surface area contributed by atoms with Crippen LogP contribution >= 0.6 is 11.6 Å². The Labute approximate surface area is 232 Å². The van der Waals surface area contributed by atoms with E-state index >= 15 is 0 Å². The number of guanidine groups is 1. The number of esters is 1. The zero-order chi connectivity index (χ0) is 29.4.